The number of benzene rings is 2. The third-order valence-corrected chi connectivity index (χ3v) is 10.1. The van der Waals surface area contributed by atoms with Gasteiger partial charge in [0.05, 0.1) is 0 Å². The molecule has 0 radical (unpaired) electrons. The minimum Gasteiger partial charge on any atom is -0.493 e. The quantitative estimate of drug-likeness (QED) is 0.0735. The van der Waals surface area contributed by atoms with Crippen molar-refractivity contribution in [3.05, 3.63) is 87.5 Å². The number of aryl methyl sites for hydroxylation is 2. The van der Waals surface area contributed by atoms with Crippen LogP contribution in [0.1, 0.15) is 191 Å². The van der Waals surface area contributed by atoms with Crippen molar-refractivity contribution in [3.8, 4) is 0 Å². The Morgan fingerprint density at radius 3 is 1.15 bits per heavy atom. The third kappa shape index (κ3) is 12.6. The van der Waals surface area contributed by atoms with Crippen LogP contribution in [-0.2, 0) is 12.8 Å². The van der Waals surface area contributed by atoms with E-state index in [2.05, 4.69) is 76.2 Å². The number of rotatable bonds is 26. The lowest BCUT2D eigenvalue weighted by atomic mass is 9.91. The fourth-order valence-corrected chi connectivity index (χ4v) is 7.22. The molecule has 0 saturated heterocycles. The largest absolute Gasteiger partial charge is 0.493 e. The van der Waals surface area contributed by atoms with Crippen molar-refractivity contribution in [1.29, 1.82) is 0 Å². The average Bonchev–Trinajstić information content (AvgIpc) is 3.36. The minimum atomic E-state index is 1.00. The van der Waals surface area contributed by atoms with Crippen LogP contribution in [0.25, 0.3) is 16.9 Å². The van der Waals surface area contributed by atoms with Gasteiger partial charge in [-0.3, -0.25) is 0 Å². The second-order valence-electron chi connectivity index (χ2n) is 13.9. The van der Waals surface area contributed by atoms with E-state index in [4.69, 9.17) is 0 Å². The van der Waals surface area contributed by atoms with Gasteiger partial charge in [-0.25, -0.2) is 4.70 Å². The normalized spacial score (nSPS) is 13.4. The first-order chi connectivity index (χ1) is 22.6. The van der Waals surface area contributed by atoms with Gasteiger partial charge in [0, 0.05) is 22.3 Å². The molecule has 0 aromatic heterocycles. The van der Waals surface area contributed by atoms with E-state index in [1.165, 1.54) is 138 Å². The van der Waals surface area contributed by atoms with Crippen LogP contribution in [-0.4, -0.2) is 4.70 Å². The van der Waals surface area contributed by atoms with Gasteiger partial charge in [0.15, 0.2) is 0 Å². The third-order valence-electron chi connectivity index (χ3n) is 10.1. The summed E-state index contributed by atoms with van der Waals surface area (Å²) in [6.45, 7) is 9.00. The zero-order chi connectivity index (χ0) is 32.8. The highest BCUT2D eigenvalue weighted by molar-refractivity contribution is 5.82. The summed E-state index contributed by atoms with van der Waals surface area (Å²) in [4.78, 5) is 0. The molecule has 2 aromatic rings. The zero-order valence-corrected chi connectivity index (χ0v) is 30.5. The molecule has 1 aliphatic rings. The zero-order valence-electron chi connectivity index (χ0n) is 30.5. The van der Waals surface area contributed by atoms with Crippen molar-refractivity contribution in [2.45, 2.75) is 182 Å². The monoisotopic (exact) mass is 625 g/mol. The summed E-state index contributed by atoms with van der Waals surface area (Å²) in [5.41, 5.74) is 21.6. The van der Waals surface area contributed by atoms with E-state index >= 15 is 0 Å². The van der Waals surface area contributed by atoms with Gasteiger partial charge in [-0.05, 0) is 73.9 Å². The summed E-state index contributed by atoms with van der Waals surface area (Å²) in [6, 6.07) is 17.7. The van der Waals surface area contributed by atoms with Crippen molar-refractivity contribution < 1.29 is 4.70 Å². The van der Waals surface area contributed by atoms with E-state index in [1.807, 2.05) is 0 Å². The smallest absolute Gasteiger partial charge is 0.211 e. The summed E-state index contributed by atoms with van der Waals surface area (Å²) < 4.78 is 1.55. The molecule has 46 heavy (non-hydrogen) atoms. The number of hydrogen-bond acceptors (Lipinski definition) is 0. The Labute approximate surface area is 284 Å². The molecule has 3 rings (SSSR count). The molecule has 1 aliphatic heterocycles. The van der Waals surface area contributed by atoms with E-state index in [0.29, 0.717) is 0 Å². The Morgan fingerprint density at radius 2 is 0.783 bits per heavy atom. The Kier molecular flexibility index (Phi) is 18.9. The first kappa shape index (κ1) is 38.0. The van der Waals surface area contributed by atoms with E-state index in [-0.39, 0.29) is 0 Å². The molecule has 0 spiro atoms. The van der Waals surface area contributed by atoms with E-state index in [0.717, 1.165) is 61.0 Å². The Morgan fingerprint density at radius 1 is 0.435 bits per heavy atom. The van der Waals surface area contributed by atoms with Gasteiger partial charge in [-0.2, -0.15) is 0 Å². The predicted molar refractivity (Wildman–Crippen MR) is 202 cm³/mol. The fraction of sp³-hybridized carbons (Fsp3) is 0.636. The maximum Gasteiger partial charge on any atom is 0.211 e. The lowest BCUT2D eigenvalue weighted by Gasteiger charge is -2.11. The van der Waals surface area contributed by atoms with Gasteiger partial charge in [0.2, 0.25) is 11.4 Å². The van der Waals surface area contributed by atoms with Crippen LogP contribution in [0, 0.1) is 0 Å². The maximum absolute atomic E-state index is 11.9. The predicted octanol–water partition coefficient (Wildman–Crippen LogP) is 14.6. The van der Waals surface area contributed by atoms with Crippen molar-refractivity contribution in [2.24, 2.45) is 0 Å². The van der Waals surface area contributed by atoms with Crippen molar-refractivity contribution in [1.82, 2.24) is 0 Å². The minimum absolute atomic E-state index is 1.00. The van der Waals surface area contributed by atoms with Gasteiger partial charge in [0.25, 0.3) is 0 Å². The second-order valence-corrected chi connectivity index (χ2v) is 13.9. The van der Waals surface area contributed by atoms with Crippen LogP contribution in [0.5, 0.6) is 0 Å². The number of hydrogen-bond donors (Lipinski definition) is 0. The average molecular weight is 625 g/mol. The Hall–Kier alpha value is -2.48. The highest BCUT2D eigenvalue weighted by Crippen LogP contribution is 2.44. The van der Waals surface area contributed by atoms with Crippen LogP contribution in [0.3, 0.4) is 0 Å². The summed E-state index contributed by atoms with van der Waals surface area (Å²) in [6.07, 6.45) is 31.5. The highest BCUT2D eigenvalue weighted by Gasteiger charge is 2.35. The molecule has 1 heterocycles. The van der Waals surface area contributed by atoms with Crippen LogP contribution >= 0.6 is 0 Å². The van der Waals surface area contributed by atoms with Gasteiger partial charge in [0.1, 0.15) is 0 Å². The van der Waals surface area contributed by atoms with Gasteiger partial charge in [-0.15, -0.1) is 0 Å². The van der Waals surface area contributed by atoms with Crippen molar-refractivity contribution >= 4 is 11.4 Å². The first-order valence-corrected chi connectivity index (χ1v) is 19.8. The van der Waals surface area contributed by atoms with Crippen LogP contribution in [0.4, 0.5) is 0 Å². The molecule has 0 amide bonds. The molecule has 0 unspecified atom stereocenters. The van der Waals surface area contributed by atoms with Crippen molar-refractivity contribution in [3.63, 3.8) is 0 Å². The number of nitrogens with zero attached hydrogens (tertiary/aromatic N) is 2. The fourth-order valence-electron chi connectivity index (χ4n) is 7.22. The Bertz CT molecular complexity index is 1220. The van der Waals surface area contributed by atoms with Gasteiger partial charge < -0.3 is 5.53 Å². The highest BCUT2D eigenvalue weighted by atomic mass is 15.2. The molecule has 2 heteroatoms. The molecule has 0 fully saturated rings. The molecular formula is C44H68N2. The summed E-state index contributed by atoms with van der Waals surface area (Å²) >= 11 is 0. The van der Waals surface area contributed by atoms with E-state index in [9.17, 15) is 5.53 Å². The topological polar surface area (TPSA) is 25.3 Å². The maximum atomic E-state index is 11.9. The molecule has 2 nitrogen and oxygen atoms in total. The van der Waals surface area contributed by atoms with Crippen molar-refractivity contribution in [2.75, 3.05) is 0 Å². The molecule has 0 aliphatic carbocycles. The first-order valence-electron chi connectivity index (χ1n) is 19.8. The number of unbranched alkanes of at least 4 members (excludes halogenated alkanes) is 18. The van der Waals surface area contributed by atoms with E-state index < -0.39 is 0 Å². The van der Waals surface area contributed by atoms with Gasteiger partial charge >= 0.3 is 0 Å². The lowest BCUT2D eigenvalue weighted by Crippen LogP contribution is -2.03. The molecule has 0 atom stereocenters. The van der Waals surface area contributed by atoms with Crippen LogP contribution < -0.4 is 0 Å². The SMILES string of the molecule is CCCCCCCCCCCCCCCCCCCCC1=C(c2cccc(CC)c2)[N+](=[N-])C(c2cccc(CC)c2)=C1CCCC. The standard InChI is InChI=1S/C44H68N2/c1-5-9-11-12-13-14-15-16-17-18-19-20-21-22-23-24-25-26-34-42-41(33-10-6-2)43(39-31-27-29-37(7-3)35-39)46(45)44(42)40-32-28-30-38(8-4)36-40/h27-32,35-36H,5-26,33-34H2,1-4H3. The molecule has 0 saturated carbocycles. The van der Waals surface area contributed by atoms with Crippen LogP contribution in [0.2, 0.25) is 0 Å². The van der Waals surface area contributed by atoms with Gasteiger partial charge in [-0.1, -0.05) is 168 Å². The molecule has 254 valence electrons. The number of allylic oxidation sites excluding steroid dienone is 2. The summed E-state index contributed by atoms with van der Waals surface area (Å²) in [5.74, 6) is 0. The molecule has 2 aromatic carbocycles. The molecule has 0 bridgehead atoms. The van der Waals surface area contributed by atoms with Crippen LogP contribution in [0.15, 0.2) is 59.7 Å². The lowest BCUT2D eigenvalue weighted by molar-refractivity contribution is -0.345. The van der Waals surface area contributed by atoms with E-state index in [1.54, 1.807) is 4.70 Å². The molecule has 0 N–H and O–H groups in total. The Balaban J connectivity index is 1.50. The molecular weight excluding hydrogens is 556 g/mol. The summed E-state index contributed by atoms with van der Waals surface area (Å²) in [5, 5.41) is 0. The second kappa shape index (κ2) is 22.9. The summed E-state index contributed by atoms with van der Waals surface area (Å²) in [7, 11) is 0.